The van der Waals surface area contributed by atoms with E-state index in [9.17, 15) is 4.79 Å². The lowest BCUT2D eigenvalue weighted by molar-refractivity contribution is 0.0937. The van der Waals surface area contributed by atoms with Gasteiger partial charge in [0.1, 0.15) is 0 Å². The molecule has 0 unspecified atom stereocenters. The molecule has 1 amide bonds. The van der Waals surface area contributed by atoms with Crippen molar-refractivity contribution in [3.8, 4) is 0 Å². The predicted molar refractivity (Wildman–Crippen MR) is 49.7 cm³/mol. The quantitative estimate of drug-likeness (QED) is 0.632. The number of nitrogens with one attached hydrogen (secondary N) is 1. The lowest BCUT2D eigenvalue weighted by Gasteiger charge is -2.25. The average Bonchev–Trinajstić information content (AvgIpc) is 2.94. The molecule has 1 saturated carbocycles. The van der Waals surface area contributed by atoms with Crippen LogP contribution in [-0.2, 0) is 5.41 Å². The summed E-state index contributed by atoms with van der Waals surface area (Å²) in [5.74, 6) is 0.0909. The first-order chi connectivity index (χ1) is 6.32. The first kappa shape index (κ1) is 7.13. The molecule has 0 saturated heterocycles. The molecule has 1 aliphatic heterocycles. The highest BCUT2D eigenvalue weighted by molar-refractivity contribution is 5.97. The Morgan fingerprint density at radius 1 is 1.23 bits per heavy atom. The highest BCUT2D eigenvalue weighted by atomic mass is 16.1. The largest absolute Gasteiger partial charge is 0.351 e. The van der Waals surface area contributed by atoms with Crippen molar-refractivity contribution in [2.45, 2.75) is 18.3 Å². The van der Waals surface area contributed by atoms with Crippen molar-refractivity contribution in [3.05, 3.63) is 35.4 Å². The van der Waals surface area contributed by atoms with Gasteiger partial charge in [-0.1, -0.05) is 18.2 Å². The Kier molecular flexibility index (Phi) is 1.17. The number of carbonyl (C=O) groups excluding carboxylic acids is 1. The minimum Gasteiger partial charge on any atom is -0.351 e. The van der Waals surface area contributed by atoms with Gasteiger partial charge in [-0.2, -0.15) is 0 Å². The zero-order chi connectivity index (χ0) is 8.89. The molecule has 13 heavy (non-hydrogen) atoms. The fraction of sp³-hybridized carbons (Fsp3) is 0.364. The van der Waals surface area contributed by atoms with Gasteiger partial charge < -0.3 is 5.32 Å². The van der Waals surface area contributed by atoms with Gasteiger partial charge >= 0.3 is 0 Å². The third-order valence-corrected chi connectivity index (χ3v) is 3.18. The van der Waals surface area contributed by atoms with Gasteiger partial charge in [0.15, 0.2) is 0 Å². The van der Waals surface area contributed by atoms with Crippen molar-refractivity contribution in [2.24, 2.45) is 0 Å². The molecule has 2 aliphatic rings. The minimum absolute atomic E-state index is 0.0909. The predicted octanol–water partition coefficient (Wildman–Crippen LogP) is 1.46. The molecular weight excluding hydrogens is 162 g/mol. The molecule has 1 aromatic rings. The van der Waals surface area contributed by atoms with Gasteiger partial charge in [-0.15, -0.1) is 0 Å². The molecule has 1 aromatic carbocycles. The van der Waals surface area contributed by atoms with Crippen LogP contribution in [0, 0.1) is 0 Å². The van der Waals surface area contributed by atoms with E-state index in [0.29, 0.717) is 5.41 Å². The maximum atomic E-state index is 11.5. The monoisotopic (exact) mass is 173 g/mol. The third-order valence-electron chi connectivity index (χ3n) is 3.18. The van der Waals surface area contributed by atoms with Crippen LogP contribution in [0.2, 0.25) is 0 Å². The van der Waals surface area contributed by atoms with E-state index in [0.717, 1.165) is 12.1 Å². The SMILES string of the molecule is O=C1NCC2(CC2)c2ccccc21. The average molecular weight is 173 g/mol. The number of hydrogen-bond donors (Lipinski definition) is 1. The topological polar surface area (TPSA) is 29.1 Å². The number of amides is 1. The molecule has 2 nitrogen and oxygen atoms in total. The van der Waals surface area contributed by atoms with Crippen LogP contribution in [0.4, 0.5) is 0 Å². The van der Waals surface area contributed by atoms with E-state index in [1.807, 2.05) is 18.2 Å². The lowest BCUT2D eigenvalue weighted by Crippen LogP contribution is -2.39. The lowest BCUT2D eigenvalue weighted by atomic mass is 9.88. The minimum atomic E-state index is 0.0909. The molecule has 0 aromatic heterocycles. The number of benzene rings is 1. The van der Waals surface area contributed by atoms with E-state index in [2.05, 4.69) is 11.4 Å². The van der Waals surface area contributed by atoms with Crippen LogP contribution in [0.25, 0.3) is 0 Å². The maximum Gasteiger partial charge on any atom is 0.251 e. The summed E-state index contributed by atoms with van der Waals surface area (Å²) in [7, 11) is 0. The fourth-order valence-electron chi connectivity index (χ4n) is 2.18. The summed E-state index contributed by atoms with van der Waals surface area (Å²) in [5, 5.41) is 2.95. The molecule has 2 heteroatoms. The first-order valence-corrected chi connectivity index (χ1v) is 4.70. The van der Waals surface area contributed by atoms with E-state index in [1.54, 1.807) is 0 Å². The summed E-state index contributed by atoms with van der Waals surface area (Å²) in [6.45, 7) is 0.836. The zero-order valence-corrected chi connectivity index (χ0v) is 7.34. The molecule has 0 radical (unpaired) electrons. The molecule has 1 spiro atoms. The smallest absolute Gasteiger partial charge is 0.251 e. The molecule has 1 aliphatic carbocycles. The van der Waals surface area contributed by atoms with Gasteiger partial charge in [-0.25, -0.2) is 0 Å². The molecule has 66 valence electrons. The van der Waals surface area contributed by atoms with Crippen LogP contribution in [-0.4, -0.2) is 12.5 Å². The van der Waals surface area contributed by atoms with Crippen LogP contribution in [0.3, 0.4) is 0 Å². The Morgan fingerprint density at radius 2 is 2.00 bits per heavy atom. The van der Waals surface area contributed by atoms with Crippen LogP contribution >= 0.6 is 0 Å². The van der Waals surface area contributed by atoms with E-state index >= 15 is 0 Å². The third kappa shape index (κ3) is 0.857. The van der Waals surface area contributed by atoms with Gasteiger partial charge in [0.05, 0.1) is 0 Å². The zero-order valence-electron chi connectivity index (χ0n) is 7.34. The van der Waals surface area contributed by atoms with Crippen LogP contribution in [0.15, 0.2) is 24.3 Å². The normalized spacial score (nSPS) is 22.3. The number of hydrogen-bond acceptors (Lipinski definition) is 1. The van der Waals surface area contributed by atoms with Gasteiger partial charge in [0.2, 0.25) is 0 Å². The Balaban J connectivity index is 2.22. The standard InChI is InChI=1S/C11H11NO/c13-10-8-3-1-2-4-9(8)11(5-6-11)7-12-10/h1-4H,5-7H2,(H,12,13). The Hall–Kier alpha value is -1.31. The Morgan fingerprint density at radius 3 is 2.77 bits per heavy atom. The van der Waals surface area contributed by atoms with Crippen molar-refractivity contribution < 1.29 is 4.79 Å². The second-order valence-electron chi connectivity index (χ2n) is 4.01. The highest BCUT2D eigenvalue weighted by Gasteiger charge is 2.48. The molecule has 1 fully saturated rings. The van der Waals surface area contributed by atoms with Gasteiger partial charge in [-0.05, 0) is 24.5 Å². The summed E-state index contributed by atoms with van der Waals surface area (Å²) in [6, 6.07) is 7.97. The van der Waals surface area contributed by atoms with Crippen molar-refractivity contribution >= 4 is 5.91 Å². The molecular formula is C11H11NO. The van der Waals surface area contributed by atoms with Crippen LogP contribution in [0.5, 0.6) is 0 Å². The molecule has 0 atom stereocenters. The molecule has 0 bridgehead atoms. The summed E-state index contributed by atoms with van der Waals surface area (Å²) < 4.78 is 0. The van der Waals surface area contributed by atoms with Gasteiger partial charge in [0, 0.05) is 17.5 Å². The van der Waals surface area contributed by atoms with Crippen molar-refractivity contribution in [2.75, 3.05) is 6.54 Å². The van der Waals surface area contributed by atoms with Crippen LogP contribution < -0.4 is 5.32 Å². The first-order valence-electron chi connectivity index (χ1n) is 4.70. The van der Waals surface area contributed by atoms with E-state index in [4.69, 9.17) is 0 Å². The second-order valence-corrected chi connectivity index (χ2v) is 4.01. The number of fused-ring (bicyclic) bond motifs is 2. The van der Waals surface area contributed by atoms with E-state index in [1.165, 1.54) is 18.4 Å². The Labute approximate surface area is 77.0 Å². The van der Waals surface area contributed by atoms with Gasteiger partial charge in [0.25, 0.3) is 5.91 Å². The van der Waals surface area contributed by atoms with Crippen molar-refractivity contribution in [1.29, 1.82) is 0 Å². The maximum absolute atomic E-state index is 11.5. The second kappa shape index (κ2) is 2.13. The summed E-state index contributed by atoms with van der Waals surface area (Å²) in [5.41, 5.74) is 2.45. The van der Waals surface area contributed by atoms with E-state index < -0.39 is 0 Å². The molecule has 1 N–H and O–H groups in total. The number of carbonyl (C=O) groups is 1. The summed E-state index contributed by atoms with van der Waals surface area (Å²) in [6.07, 6.45) is 2.45. The Bertz CT molecular complexity index is 379. The number of rotatable bonds is 0. The molecule has 3 rings (SSSR count). The van der Waals surface area contributed by atoms with Gasteiger partial charge in [-0.3, -0.25) is 4.79 Å². The van der Waals surface area contributed by atoms with Crippen molar-refractivity contribution in [1.82, 2.24) is 5.32 Å². The van der Waals surface area contributed by atoms with Crippen LogP contribution in [0.1, 0.15) is 28.8 Å². The highest BCUT2D eigenvalue weighted by Crippen LogP contribution is 2.50. The van der Waals surface area contributed by atoms with Crippen molar-refractivity contribution in [3.63, 3.8) is 0 Å². The summed E-state index contributed by atoms with van der Waals surface area (Å²) >= 11 is 0. The fourth-order valence-corrected chi connectivity index (χ4v) is 2.18. The van der Waals surface area contributed by atoms with E-state index in [-0.39, 0.29) is 5.91 Å². The summed E-state index contributed by atoms with van der Waals surface area (Å²) in [4.78, 5) is 11.5. The molecule has 1 heterocycles.